The van der Waals surface area contributed by atoms with Crippen LogP contribution in [-0.4, -0.2) is 23.0 Å². The maximum Gasteiger partial charge on any atom is 0.211 e. The molecule has 0 bridgehead atoms. The fourth-order valence-corrected chi connectivity index (χ4v) is 4.26. The lowest BCUT2D eigenvalue weighted by atomic mass is 10.2. The molecular formula is C16H25BrOS. The second-order valence-electron chi connectivity index (χ2n) is 4.66. The lowest BCUT2D eigenvalue weighted by molar-refractivity contribution is -0.0000117. The Bertz CT molecular complexity index is 332. The number of hydrogen-bond donors (Lipinski definition) is 0. The van der Waals surface area contributed by atoms with Gasteiger partial charge in [-0.05, 0) is 23.7 Å². The zero-order valence-corrected chi connectivity index (χ0v) is 14.4. The average Bonchev–Trinajstić information content (AvgIpc) is 2.42. The normalized spacial score (nSPS) is 10.3. The van der Waals surface area contributed by atoms with Gasteiger partial charge in [0, 0.05) is 5.56 Å². The molecule has 0 radical (unpaired) electrons. The number of unbranched alkanes of at least 4 members (excludes halogenated alkanes) is 2. The van der Waals surface area contributed by atoms with E-state index in [-0.39, 0.29) is 17.0 Å². The van der Waals surface area contributed by atoms with Crippen LogP contribution in [0.5, 0.6) is 0 Å². The fraction of sp³-hybridized carbons (Fsp3) is 0.562. The highest BCUT2D eigenvalue weighted by Crippen LogP contribution is 2.09. The molecule has 0 unspecified atom stereocenters. The number of carbonyl (C=O) groups excluding carboxylic acids is 1. The van der Waals surface area contributed by atoms with E-state index in [0.717, 1.165) is 11.3 Å². The number of rotatable bonds is 9. The van der Waals surface area contributed by atoms with Crippen molar-refractivity contribution in [3.05, 3.63) is 35.9 Å². The second-order valence-corrected chi connectivity index (χ2v) is 6.99. The Morgan fingerprint density at radius 3 is 2.00 bits per heavy atom. The average molecular weight is 345 g/mol. The molecular weight excluding hydrogens is 320 g/mol. The largest absolute Gasteiger partial charge is 1.00 e. The Morgan fingerprint density at radius 1 is 1.00 bits per heavy atom. The van der Waals surface area contributed by atoms with E-state index in [1.165, 1.54) is 37.2 Å². The number of Topliss-reactive ketones (excluding diaryl/α,β-unsaturated/α-hetero) is 1. The molecule has 0 heterocycles. The van der Waals surface area contributed by atoms with Crippen molar-refractivity contribution in [2.75, 3.05) is 17.3 Å². The van der Waals surface area contributed by atoms with E-state index in [9.17, 15) is 4.79 Å². The highest BCUT2D eigenvalue weighted by molar-refractivity contribution is 7.97. The molecule has 1 aromatic carbocycles. The smallest absolute Gasteiger partial charge is 0.211 e. The van der Waals surface area contributed by atoms with E-state index in [1.807, 2.05) is 30.3 Å². The molecule has 0 atom stereocenters. The molecule has 0 saturated heterocycles. The molecule has 0 aliphatic heterocycles. The van der Waals surface area contributed by atoms with Gasteiger partial charge in [-0.1, -0.05) is 57.0 Å². The van der Waals surface area contributed by atoms with Crippen molar-refractivity contribution in [2.45, 2.75) is 39.5 Å². The first kappa shape index (κ1) is 18.7. The molecule has 0 fully saturated rings. The summed E-state index contributed by atoms with van der Waals surface area (Å²) in [6.07, 6.45) is 4.98. The monoisotopic (exact) mass is 344 g/mol. The van der Waals surface area contributed by atoms with Crippen LogP contribution in [0.15, 0.2) is 30.3 Å². The van der Waals surface area contributed by atoms with Crippen LogP contribution in [0, 0.1) is 0 Å². The Labute approximate surface area is 131 Å². The summed E-state index contributed by atoms with van der Waals surface area (Å²) in [6.45, 7) is 4.45. The molecule has 0 N–H and O–H groups in total. The molecule has 0 amide bonds. The predicted molar refractivity (Wildman–Crippen MR) is 82.6 cm³/mol. The zero-order chi connectivity index (χ0) is 13.2. The molecule has 1 rings (SSSR count). The minimum atomic E-state index is 0. The minimum Gasteiger partial charge on any atom is -1.00 e. The van der Waals surface area contributed by atoms with Gasteiger partial charge < -0.3 is 17.0 Å². The third kappa shape index (κ3) is 7.78. The van der Waals surface area contributed by atoms with Crippen LogP contribution in [0.25, 0.3) is 0 Å². The van der Waals surface area contributed by atoms with Gasteiger partial charge in [-0.2, -0.15) is 0 Å². The van der Waals surface area contributed by atoms with Gasteiger partial charge in [-0.3, -0.25) is 4.79 Å². The van der Waals surface area contributed by atoms with Crippen molar-refractivity contribution in [3.63, 3.8) is 0 Å². The van der Waals surface area contributed by atoms with Gasteiger partial charge in [-0.25, -0.2) is 0 Å². The van der Waals surface area contributed by atoms with Gasteiger partial charge in [0.2, 0.25) is 5.78 Å². The second kappa shape index (κ2) is 11.5. The van der Waals surface area contributed by atoms with Crippen LogP contribution in [0.2, 0.25) is 0 Å². The first-order chi connectivity index (χ1) is 8.77. The van der Waals surface area contributed by atoms with Gasteiger partial charge in [0.25, 0.3) is 0 Å². The van der Waals surface area contributed by atoms with Gasteiger partial charge in [0.15, 0.2) is 5.75 Å². The standard InChI is InChI=1S/C16H25OS.BrH/c1-3-5-12-18(13-6-4-2)14-16(17)15-10-8-7-9-11-15;/h7-11H,3-6,12-14H2,1-2H3;1H/q+1;/p-1. The first-order valence-corrected chi connectivity index (χ1v) is 8.73. The maximum atomic E-state index is 12.2. The molecule has 0 spiro atoms. The summed E-state index contributed by atoms with van der Waals surface area (Å²) in [6, 6.07) is 9.73. The van der Waals surface area contributed by atoms with E-state index >= 15 is 0 Å². The van der Waals surface area contributed by atoms with Crippen molar-refractivity contribution in [1.29, 1.82) is 0 Å². The van der Waals surface area contributed by atoms with Crippen molar-refractivity contribution in [2.24, 2.45) is 0 Å². The highest BCUT2D eigenvalue weighted by Gasteiger charge is 2.22. The summed E-state index contributed by atoms with van der Waals surface area (Å²) in [7, 11) is 0.296. The Hall–Kier alpha value is -0.280. The molecule has 1 aromatic rings. The van der Waals surface area contributed by atoms with E-state index in [4.69, 9.17) is 0 Å². The Balaban J connectivity index is 0.00000324. The lowest BCUT2D eigenvalue weighted by Gasteiger charge is -2.07. The van der Waals surface area contributed by atoms with Crippen molar-refractivity contribution in [3.8, 4) is 0 Å². The third-order valence-corrected chi connectivity index (χ3v) is 5.41. The van der Waals surface area contributed by atoms with Gasteiger partial charge in [0.1, 0.15) is 11.5 Å². The minimum absolute atomic E-state index is 0. The maximum absolute atomic E-state index is 12.2. The quantitative estimate of drug-likeness (QED) is 0.484. The zero-order valence-electron chi connectivity index (χ0n) is 12.0. The van der Waals surface area contributed by atoms with Crippen LogP contribution < -0.4 is 17.0 Å². The van der Waals surface area contributed by atoms with Gasteiger partial charge in [-0.15, -0.1) is 0 Å². The fourth-order valence-electron chi connectivity index (χ4n) is 1.84. The number of hydrogen-bond acceptors (Lipinski definition) is 1. The van der Waals surface area contributed by atoms with Crippen molar-refractivity contribution in [1.82, 2.24) is 0 Å². The van der Waals surface area contributed by atoms with Gasteiger partial charge >= 0.3 is 0 Å². The van der Waals surface area contributed by atoms with Crippen LogP contribution in [0.1, 0.15) is 49.9 Å². The number of benzene rings is 1. The van der Waals surface area contributed by atoms with Crippen molar-refractivity contribution < 1.29 is 21.8 Å². The number of halogens is 1. The molecule has 108 valence electrons. The van der Waals surface area contributed by atoms with Gasteiger partial charge in [0.05, 0.1) is 0 Å². The molecule has 0 saturated carbocycles. The molecule has 0 aliphatic carbocycles. The Morgan fingerprint density at radius 2 is 1.53 bits per heavy atom. The van der Waals surface area contributed by atoms with E-state index in [0.29, 0.717) is 16.7 Å². The highest BCUT2D eigenvalue weighted by atomic mass is 79.9. The van der Waals surface area contributed by atoms with Crippen molar-refractivity contribution >= 4 is 16.7 Å². The summed E-state index contributed by atoms with van der Waals surface area (Å²) >= 11 is 0. The van der Waals surface area contributed by atoms with E-state index in [1.54, 1.807) is 0 Å². The summed E-state index contributed by atoms with van der Waals surface area (Å²) in [5, 5.41) is 0. The summed E-state index contributed by atoms with van der Waals surface area (Å²) in [4.78, 5) is 12.2. The Kier molecular flexibility index (Phi) is 11.4. The van der Waals surface area contributed by atoms with Crippen LogP contribution in [0.3, 0.4) is 0 Å². The molecule has 0 aromatic heterocycles. The predicted octanol–water partition coefficient (Wildman–Crippen LogP) is 1.09. The van der Waals surface area contributed by atoms with Crippen LogP contribution in [0.4, 0.5) is 0 Å². The van der Waals surface area contributed by atoms with Crippen LogP contribution >= 0.6 is 0 Å². The van der Waals surface area contributed by atoms with Crippen LogP contribution in [-0.2, 0) is 10.9 Å². The number of carbonyl (C=O) groups is 1. The molecule has 0 aliphatic rings. The first-order valence-electron chi connectivity index (χ1n) is 7.00. The van der Waals surface area contributed by atoms with E-state index < -0.39 is 0 Å². The molecule has 1 nitrogen and oxygen atoms in total. The van der Waals surface area contributed by atoms with E-state index in [2.05, 4.69) is 13.8 Å². The third-order valence-electron chi connectivity index (χ3n) is 3.00. The molecule has 19 heavy (non-hydrogen) atoms. The molecule has 3 heteroatoms. The SMILES string of the molecule is CCCC[S+](CCCC)CC(=O)c1ccccc1.[Br-]. The topological polar surface area (TPSA) is 17.1 Å². The lowest BCUT2D eigenvalue weighted by Crippen LogP contribution is -3.00. The summed E-state index contributed by atoms with van der Waals surface area (Å²) in [5.41, 5.74) is 0.878. The summed E-state index contributed by atoms with van der Waals surface area (Å²) < 4.78 is 0. The summed E-state index contributed by atoms with van der Waals surface area (Å²) in [5.74, 6) is 3.54. The number of ketones is 1.